The molecule has 5 nitrogen and oxygen atoms in total. The molecule has 0 saturated carbocycles. The molecule has 0 unspecified atom stereocenters. The Kier molecular flexibility index (Phi) is 7.60. The Morgan fingerprint density at radius 1 is 1.21 bits per heavy atom. The Balaban J connectivity index is 2.14. The van der Waals surface area contributed by atoms with Crippen molar-refractivity contribution < 1.29 is 23.8 Å². The number of carbonyl (C=O) groups excluding carboxylic acids is 2. The number of esters is 1. The van der Waals surface area contributed by atoms with Crippen molar-refractivity contribution in [2.75, 3.05) is 6.61 Å². The Hall–Kier alpha value is -1.76. The van der Waals surface area contributed by atoms with Gasteiger partial charge in [0.2, 0.25) is 0 Å². The molecule has 1 heterocycles. The van der Waals surface area contributed by atoms with Crippen LogP contribution in [-0.4, -0.2) is 44.9 Å². The molecule has 1 fully saturated rings. The Morgan fingerprint density at radius 3 is 2.52 bits per heavy atom. The molecule has 2 atom stereocenters. The summed E-state index contributed by atoms with van der Waals surface area (Å²) in [5.74, 6) is -1.05. The Morgan fingerprint density at radius 2 is 1.90 bits per heavy atom. The van der Waals surface area contributed by atoms with Gasteiger partial charge in [0, 0.05) is 8.07 Å². The summed E-state index contributed by atoms with van der Waals surface area (Å²) in [6.45, 7) is 14.8. The van der Waals surface area contributed by atoms with Crippen LogP contribution in [0.4, 0.5) is 0 Å². The molecule has 6 heteroatoms. The highest BCUT2D eigenvalue weighted by Crippen LogP contribution is 2.29. The number of aryl methyl sites for hydroxylation is 2. The fourth-order valence-electron chi connectivity index (χ4n) is 3.42. The number of ether oxygens (including phenoxy) is 3. The summed E-state index contributed by atoms with van der Waals surface area (Å²) in [5.41, 5.74) is 3.39. The number of rotatable bonds is 8. The molecule has 2 rings (SSSR count). The van der Waals surface area contributed by atoms with Gasteiger partial charge in [0.1, 0.15) is 6.10 Å². The van der Waals surface area contributed by atoms with Crippen LogP contribution >= 0.6 is 0 Å². The first kappa shape index (κ1) is 23.5. The summed E-state index contributed by atoms with van der Waals surface area (Å²) in [6.07, 6.45) is 4.22. The van der Waals surface area contributed by atoms with E-state index in [-0.39, 0.29) is 12.1 Å². The van der Waals surface area contributed by atoms with Crippen LogP contribution in [0.2, 0.25) is 25.7 Å². The topological polar surface area (TPSA) is 61.8 Å². The summed E-state index contributed by atoms with van der Waals surface area (Å²) in [6, 6.07) is 4.91. The van der Waals surface area contributed by atoms with Crippen LogP contribution in [0.3, 0.4) is 0 Å². The Bertz CT molecular complexity index is 776. The van der Waals surface area contributed by atoms with Gasteiger partial charge in [0.05, 0.1) is 18.3 Å². The van der Waals surface area contributed by atoms with Crippen LogP contribution < -0.4 is 0 Å². The average Bonchev–Trinajstić information content (AvgIpc) is 2.87. The van der Waals surface area contributed by atoms with Gasteiger partial charge in [-0.3, -0.25) is 0 Å². The lowest BCUT2D eigenvalue weighted by Gasteiger charge is -2.17. The van der Waals surface area contributed by atoms with Crippen molar-refractivity contribution in [2.45, 2.75) is 77.8 Å². The predicted molar refractivity (Wildman–Crippen MR) is 118 cm³/mol. The van der Waals surface area contributed by atoms with Crippen LogP contribution in [0.5, 0.6) is 0 Å². The lowest BCUT2D eigenvalue weighted by atomic mass is 9.98. The highest BCUT2D eigenvalue weighted by molar-refractivity contribution is 6.76. The number of aldehydes is 1. The summed E-state index contributed by atoms with van der Waals surface area (Å²) >= 11 is 0. The van der Waals surface area contributed by atoms with Crippen LogP contribution in [0.1, 0.15) is 47.3 Å². The predicted octanol–water partition coefficient (Wildman–Crippen LogP) is 4.92. The number of carbonyl (C=O) groups is 2. The van der Waals surface area contributed by atoms with E-state index in [0.29, 0.717) is 18.6 Å². The van der Waals surface area contributed by atoms with E-state index in [9.17, 15) is 9.59 Å². The van der Waals surface area contributed by atoms with Gasteiger partial charge in [-0.1, -0.05) is 49.5 Å². The van der Waals surface area contributed by atoms with Crippen molar-refractivity contribution in [2.24, 2.45) is 0 Å². The second kappa shape index (κ2) is 9.37. The molecule has 0 bridgehead atoms. The van der Waals surface area contributed by atoms with Crippen molar-refractivity contribution in [3.63, 3.8) is 0 Å². The van der Waals surface area contributed by atoms with E-state index in [1.807, 2.05) is 38.1 Å². The highest BCUT2D eigenvalue weighted by atomic mass is 28.3. The first-order valence-corrected chi connectivity index (χ1v) is 13.9. The summed E-state index contributed by atoms with van der Waals surface area (Å²) < 4.78 is 17.0. The first-order chi connectivity index (χ1) is 13.4. The minimum absolute atomic E-state index is 0.284. The molecule has 0 radical (unpaired) electrons. The van der Waals surface area contributed by atoms with Gasteiger partial charge >= 0.3 is 5.97 Å². The SMILES string of the molecule is Cc1cc(C)c(C(=O)OCC[Si](C)(C)C)c(/C=C/C[C@H]2OC(C)(C)O[C@@H]2C=O)c1. The third kappa shape index (κ3) is 6.91. The zero-order chi connectivity index (χ0) is 21.8. The minimum Gasteiger partial charge on any atom is -0.462 e. The molecule has 1 aromatic carbocycles. The van der Waals surface area contributed by atoms with E-state index in [0.717, 1.165) is 29.0 Å². The molecule has 1 aliphatic rings. The van der Waals surface area contributed by atoms with Crippen LogP contribution in [-0.2, 0) is 19.0 Å². The molecular weight excluding hydrogens is 384 g/mol. The van der Waals surface area contributed by atoms with E-state index in [4.69, 9.17) is 14.2 Å². The first-order valence-electron chi connectivity index (χ1n) is 10.2. The fourth-order valence-corrected chi connectivity index (χ4v) is 4.14. The molecule has 29 heavy (non-hydrogen) atoms. The van der Waals surface area contributed by atoms with Gasteiger partial charge in [-0.25, -0.2) is 4.79 Å². The lowest BCUT2D eigenvalue weighted by molar-refractivity contribution is -0.149. The number of hydrogen-bond donors (Lipinski definition) is 0. The van der Waals surface area contributed by atoms with E-state index in [1.165, 1.54) is 0 Å². The van der Waals surface area contributed by atoms with E-state index >= 15 is 0 Å². The van der Waals surface area contributed by atoms with Crippen molar-refractivity contribution in [1.82, 2.24) is 0 Å². The summed E-state index contributed by atoms with van der Waals surface area (Å²) in [4.78, 5) is 24.0. The second-order valence-electron chi connectivity index (χ2n) is 9.41. The largest absolute Gasteiger partial charge is 0.462 e. The smallest absolute Gasteiger partial charge is 0.338 e. The maximum absolute atomic E-state index is 12.8. The highest BCUT2D eigenvalue weighted by Gasteiger charge is 2.40. The van der Waals surface area contributed by atoms with Gasteiger partial charge in [-0.2, -0.15) is 0 Å². The molecule has 1 aromatic rings. The zero-order valence-electron chi connectivity index (χ0n) is 18.7. The molecule has 0 aliphatic carbocycles. The molecule has 0 spiro atoms. The quantitative estimate of drug-likeness (QED) is 0.341. The van der Waals surface area contributed by atoms with Crippen molar-refractivity contribution in [3.05, 3.63) is 40.5 Å². The molecule has 0 aromatic heterocycles. The lowest BCUT2D eigenvalue weighted by Crippen LogP contribution is -2.23. The molecular formula is C23H34O5Si. The van der Waals surface area contributed by atoms with Crippen molar-refractivity contribution >= 4 is 26.4 Å². The zero-order valence-corrected chi connectivity index (χ0v) is 19.7. The Labute approximate surface area is 175 Å². The van der Waals surface area contributed by atoms with Crippen LogP contribution in [0.15, 0.2) is 18.2 Å². The second-order valence-corrected chi connectivity index (χ2v) is 15.0. The van der Waals surface area contributed by atoms with Crippen molar-refractivity contribution in [1.29, 1.82) is 0 Å². The van der Waals surface area contributed by atoms with Crippen LogP contribution in [0.25, 0.3) is 6.08 Å². The van der Waals surface area contributed by atoms with Crippen molar-refractivity contribution in [3.8, 4) is 0 Å². The normalized spacial score (nSPS) is 21.5. The standard InChI is InChI=1S/C23H34O5Si/c1-16-13-17(2)21(22(25)26-11-12-29(5,6)7)18(14-16)9-8-10-19-20(15-24)28-23(3,4)27-19/h8-9,13-15,19-20H,10-12H2,1-7H3/b9-8+/t19-,20-/m1/s1. The molecule has 0 N–H and O–H groups in total. The van der Waals surface area contributed by atoms with Gasteiger partial charge in [-0.05, 0) is 51.3 Å². The monoisotopic (exact) mass is 418 g/mol. The fraction of sp³-hybridized carbons (Fsp3) is 0.565. The maximum atomic E-state index is 12.8. The number of benzene rings is 1. The molecule has 0 amide bonds. The third-order valence-corrected chi connectivity index (χ3v) is 6.53. The summed E-state index contributed by atoms with van der Waals surface area (Å²) in [5, 5.41) is 0. The van der Waals surface area contributed by atoms with E-state index in [1.54, 1.807) is 13.8 Å². The summed E-state index contributed by atoms with van der Waals surface area (Å²) in [7, 11) is -1.26. The van der Waals surface area contributed by atoms with Gasteiger partial charge in [0.25, 0.3) is 0 Å². The van der Waals surface area contributed by atoms with Gasteiger partial charge in [0.15, 0.2) is 12.1 Å². The van der Waals surface area contributed by atoms with E-state index in [2.05, 4.69) is 19.6 Å². The van der Waals surface area contributed by atoms with E-state index < -0.39 is 20.0 Å². The van der Waals surface area contributed by atoms with Gasteiger partial charge < -0.3 is 19.0 Å². The average molecular weight is 419 g/mol. The third-order valence-electron chi connectivity index (χ3n) is 4.82. The molecule has 1 saturated heterocycles. The maximum Gasteiger partial charge on any atom is 0.338 e. The van der Waals surface area contributed by atoms with Gasteiger partial charge in [-0.15, -0.1) is 0 Å². The minimum atomic E-state index is -1.26. The van der Waals surface area contributed by atoms with Crippen LogP contribution in [0, 0.1) is 13.8 Å². The molecule has 1 aliphatic heterocycles. The molecule has 160 valence electrons. The number of hydrogen-bond acceptors (Lipinski definition) is 5.